The summed E-state index contributed by atoms with van der Waals surface area (Å²) in [7, 11) is 0. The molecule has 1 amide bonds. The van der Waals surface area contributed by atoms with Crippen LogP contribution < -0.4 is 11.1 Å². The summed E-state index contributed by atoms with van der Waals surface area (Å²) in [4.78, 5) is 16.4. The maximum Gasteiger partial charge on any atom is 0.263 e. The van der Waals surface area contributed by atoms with Gasteiger partial charge in [0.25, 0.3) is 5.91 Å². The lowest BCUT2D eigenvalue weighted by molar-refractivity contribution is 0.0958. The standard InChI is InChI=1S/C8H11N3OS2/c1-5-11-4-6(14-5)8(12)10-3-2-7(9)13/h4H,2-3H2,1H3,(H2,9,13)(H,10,12). The Kier molecular flexibility index (Phi) is 3.97. The van der Waals surface area contributed by atoms with Crippen molar-refractivity contribution in [2.45, 2.75) is 13.3 Å². The average Bonchev–Trinajstić information content (AvgIpc) is 2.51. The number of hydrogen-bond acceptors (Lipinski definition) is 4. The summed E-state index contributed by atoms with van der Waals surface area (Å²) in [5.41, 5.74) is 5.29. The van der Waals surface area contributed by atoms with Gasteiger partial charge in [0.05, 0.1) is 16.2 Å². The van der Waals surface area contributed by atoms with Crippen LogP contribution >= 0.6 is 23.6 Å². The number of thiocarbonyl (C=S) groups is 1. The molecule has 4 nitrogen and oxygen atoms in total. The van der Waals surface area contributed by atoms with Gasteiger partial charge in [-0.3, -0.25) is 4.79 Å². The van der Waals surface area contributed by atoms with Crippen LogP contribution in [-0.2, 0) is 0 Å². The largest absolute Gasteiger partial charge is 0.393 e. The molecular formula is C8H11N3OS2. The third-order valence-electron chi connectivity index (χ3n) is 1.50. The van der Waals surface area contributed by atoms with E-state index in [0.29, 0.717) is 22.8 Å². The van der Waals surface area contributed by atoms with Crippen LogP contribution in [0.1, 0.15) is 21.1 Å². The van der Waals surface area contributed by atoms with Crippen molar-refractivity contribution in [1.82, 2.24) is 10.3 Å². The van der Waals surface area contributed by atoms with E-state index >= 15 is 0 Å². The molecule has 0 fully saturated rings. The first-order valence-corrected chi connectivity index (χ1v) is 5.31. The Balaban J connectivity index is 2.39. The first-order chi connectivity index (χ1) is 6.59. The van der Waals surface area contributed by atoms with Gasteiger partial charge in [-0.25, -0.2) is 4.98 Å². The van der Waals surface area contributed by atoms with Crippen LogP contribution in [0.4, 0.5) is 0 Å². The number of aromatic nitrogens is 1. The summed E-state index contributed by atoms with van der Waals surface area (Å²) in [5.74, 6) is -0.119. The molecule has 1 rings (SSSR count). The maximum absolute atomic E-state index is 11.4. The molecule has 6 heteroatoms. The molecule has 0 aliphatic carbocycles. The SMILES string of the molecule is Cc1ncc(C(=O)NCCC(N)=S)s1. The predicted molar refractivity (Wildman–Crippen MR) is 60.6 cm³/mol. The minimum Gasteiger partial charge on any atom is -0.393 e. The van der Waals surface area contributed by atoms with Crippen LogP contribution in [0.5, 0.6) is 0 Å². The highest BCUT2D eigenvalue weighted by molar-refractivity contribution is 7.80. The van der Waals surface area contributed by atoms with E-state index in [1.165, 1.54) is 11.3 Å². The molecule has 1 heterocycles. The molecule has 3 N–H and O–H groups in total. The van der Waals surface area contributed by atoms with Gasteiger partial charge in [-0.1, -0.05) is 12.2 Å². The number of hydrogen-bond donors (Lipinski definition) is 2. The van der Waals surface area contributed by atoms with E-state index in [-0.39, 0.29) is 5.91 Å². The molecule has 0 radical (unpaired) electrons. The second kappa shape index (κ2) is 5.02. The second-order valence-electron chi connectivity index (χ2n) is 2.72. The van der Waals surface area contributed by atoms with E-state index in [1.54, 1.807) is 6.20 Å². The van der Waals surface area contributed by atoms with Crippen molar-refractivity contribution >= 4 is 34.5 Å². The topological polar surface area (TPSA) is 68.0 Å². The van der Waals surface area contributed by atoms with Gasteiger partial charge in [0.1, 0.15) is 4.88 Å². The van der Waals surface area contributed by atoms with Gasteiger partial charge >= 0.3 is 0 Å². The molecule has 0 saturated heterocycles. The Morgan fingerprint density at radius 2 is 2.50 bits per heavy atom. The molecular weight excluding hydrogens is 218 g/mol. The minimum atomic E-state index is -0.119. The molecule has 0 bridgehead atoms. The van der Waals surface area contributed by atoms with Gasteiger partial charge in [-0.15, -0.1) is 11.3 Å². The molecule has 0 unspecified atom stereocenters. The molecule has 0 spiro atoms. The van der Waals surface area contributed by atoms with Gasteiger partial charge in [-0.05, 0) is 6.92 Å². The zero-order valence-electron chi connectivity index (χ0n) is 7.74. The molecule has 1 aromatic heterocycles. The lowest BCUT2D eigenvalue weighted by atomic mass is 10.4. The quantitative estimate of drug-likeness (QED) is 0.751. The van der Waals surface area contributed by atoms with Gasteiger partial charge in [0, 0.05) is 13.0 Å². The molecule has 1 aromatic rings. The number of amides is 1. The van der Waals surface area contributed by atoms with Crippen molar-refractivity contribution in [1.29, 1.82) is 0 Å². The molecule has 0 aromatic carbocycles. The smallest absolute Gasteiger partial charge is 0.263 e. The van der Waals surface area contributed by atoms with Crippen molar-refractivity contribution in [2.24, 2.45) is 5.73 Å². The Bertz CT molecular complexity index is 348. The Morgan fingerprint density at radius 3 is 3.00 bits per heavy atom. The van der Waals surface area contributed by atoms with Crippen molar-refractivity contribution < 1.29 is 4.79 Å². The van der Waals surface area contributed by atoms with Gasteiger partial charge in [0.15, 0.2) is 0 Å². The van der Waals surface area contributed by atoms with Crippen molar-refractivity contribution in [3.8, 4) is 0 Å². The summed E-state index contributed by atoms with van der Waals surface area (Å²) in [6.45, 7) is 2.33. The second-order valence-corrected chi connectivity index (χ2v) is 4.47. The zero-order valence-corrected chi connectivity index (χ0v) is 9.37. The number of thiazole rings is 1. The number of nitrogens with zero attached hydrogens (tertiary/aromatic N) is 1. The summed E-state index contributed by atoms with van der Waals surface area (Å²) in [6, 6.07) is 0. The highest BCUT2D eigenvalue weighted by Gasteiger charge is 2.07. The number of aryl methyl sites for hydroxylation is 1. The van der Waals surface area contributed by atoms with Crippen LogP contribution in [0.25, 0.3) is 0 Å². The van der Waals surface area contributed by atoms with Crippen LogP contribution in [0, 0.1) is 6.92 Å². The Hall–Kier alpha value is -1.01. The van der Waals surface area contributed by atoms with Gasteiger partial charge < -0.3 is 11.1 Å². The van der Waals surface area contributed by atoms with E-state index in [4.69, 9.17) is 5.73 Å². The van der Waals surface area contributed by atoms with E-state index < -0.39 is 0 Å². The number of carbonyl (C=O) groups is 1. The van der Waals surface area contributed by atoms with Crippen LogP contribution in [0.3, 0.4) is 0 Å². The summed E-state index contributed by atoms with van der Waals surface area (Å²) in [6.07, 6.45) is 2.09. The van der Waals surface area contributed by atoms with Crippen LogP contribution in [0.2, 0.25) is 0 Å². The van der Waals surface area contributed by atoms with Gasteiger partial charge in [-0.2, -0.15) is 0 Å². The Morgan fingerprint density at radius 1 is 1.79 bits per heavy atom. The van der Waals surface area contributed by atoms with Crippen molar-refractivity contribution in [3.05, 3.63) is 16.1 Å². The lowest BCUT2D eigenvalue weighted by Crippen LogP contribution is -2.26. The molecule has 0 aliphatic rings. The lowest BCUT2D eigenvalue weighted by Gasteiger charge is -2.00. The fourth-order valence-corrected chi connectivity index (χ4v) is 1.65. The fourth-order valence-electron chi connectivity index (χ4n) is 0.853. The summed E-state index contributed by atoms with van der Waals surface area (Å²) >= 11 is 6.05. The van der Waals surface area contributed by atoms with E-state index in [1.807, 2.05) is 6.92 Å². The highest BCUT2D eigenvalue weighted by Crippen LogP contribution is 2.10. The number of nitrogens with one attached hydrogen (secondary N) is 1. The van der Waals surface area contributed by atoms with E-state index in [2.05, 4.69) is 22.5 Å². The number of rotatable bonds is 4. The molecule has 0 atom stereocenters. The van der Waals surface area contributed by atoms with Crippen LogP contribution in [0.15, 0.2) is 6.20 Å². The summed E-state index contributed by atoms with van der Waals surface area (Å²) in [5, 5.41) is 3.59. The van der Waals surface area contributed by atoms with E-state index in [0.717, 1.165) is 5.01 Å². The van der Waals surface area contributed by atoms with Gasteiger partial charge in [0.2, 0.25) is 0 Å². The third kappa shape index (κ3) is 3.39. The monoisotopic (exact) mass is 229 g/mol. The van der Waals surface area contributed by atoms with Crippen LogP contribution in [-0.4, -0.2) is 22.4 Å². The molecule has 0 saturated carbocycles. The molecule has 76 valence electrons. The average molecular weight is 229 g/mol. The predicted octanol–water partition coefficient (Wildman–Crippen LogP) is 0.858. The Labute approximate surface area is 91.5 Å². The third-order valence-corrected chi connectivity index (χ3v) is 2.62. The summed E-state index contributed by atoms with van der Waals surface area (Å²) < 4.78 is 0. The zero-order chi connectivity index (χ0) is 10.6. The fraction of sp³-hybridized carbons (Fsp3) is 0.375. The van der Waals surface area contributed by atoms with Crippen molar-refractivity contribution in [3.63, 3.8) is 0 Å². The maximum atomic E-state index is 11.4. The molecule has 14 heavy (non-hydrogen) atoms. The number of carbonyl (C=O) groups excluding carboxylic acids is 1. The molecule has 0 aliphatic heterocycles. The number of nitrogens with two attached hydrogens (primary N) is 1. The first-order valence-electron chi connectivity index (χ1n) is 4.08. The minimum absolute atomic E-state index is 0.119. The first kappa shape index (κ1) is 11.1. The highest BCUT2D eigenvalue weighted by atomic mass is 32.1. The van der Waals surface area contributed by atoms with E-state index in [9.17, 15) is 4.79 Å². The van der Waals surface area contributed by atoms with Crippen molar-refractivity contribution in [2.75, 3.05) is 6.54 Å². The normalized spacial score (nSPS) is 9.79.